The van der Waals surface area contributed by atoms with E-state index < -0.39 is 5.60 Å². The molecular formula is C26H30ClNO4. The van der Waals surface area contributed by atoms with Crippen molar-refractivity contribution in [3.63, 3.8) is 0 Å². The number of hydrogen-bond acceptors (Lipinski definition) is 4. The van der Waals surface area contributed by atoms with Gasteiger partial charge in [-0.1, -0.05) is 30.7 Å². The lowest BCUT2D eigenvalue weighted by molar-refractivity contribution is -0.135. The van der Waals surface area contributed by atoms with E-state index in [9.17, 15) is 9.59 Å². The molecule has 2 aliphatic heterocycles. The molecule has 4 rings (SSSR count). The lowest BCUT2D eigenvalue weighted by Crippen LogP contribution is -2.52. The molecule has 32 heavy (non-hydrogen) atoms. The lowest BCUT2D eigenvalue weighted by atomic mass is 9.82. The number of nitrogens with zero attached hydrogens (tertiary/aromatic N) is 1. The third kappa shape index (κ3) is 4.93. The fraction of sp³-hybridized carbons (Fsp3) is 0.462. The summed E-state index contributed by atoms with van der Waals surface area (Å²) in [6.07, 6.45) is 3.80. The van der Waals surface area contributed by atoms with Crippen molar-refractivity contribution >= 4 is 23.3 Å². The second kappa shape index (κ2) is 9.53. The van der Waals surface area contributed by atoms with Crippen LogP contribution in [0.1, 0.15) is 60.5 Å². The predicted octanol–water partition coefficient (Wildman–Crippen LogP) is 5.40. The highest BCUT2D eigenvalue weighted by Crippen LogP contribution is 2.42. The minimum absolute atomic E-state index is 0.0701. The molecule has 170 valence electrons. The van der Waals surface area contributed by atoms with Crippen LogP contribution in [0.3, 0.4) is 0 Å². The van der Waals surface area contributed by atoms with Crippen LogP contribution in [0, 0.1) is 6.92 Å². The first-order valence-electron chi connectivity index (χ1n) is 11.4. The molecule has 0 saturated carbocycles. The van der Waals surface area contributed by atoms with Gasteiger partial charge in [0.1, 0.15) is 17.1 Å². The number of Topliss-reactive ketones (excluding diaryl/α,β-unsaturated/α-hetero) is 1. The molecular weight excluding hydrogens is 426 g/mol. The molecule has 2 aromatic carbocycles. The SMILES string of the molecule is CCc1ccc(OCCCC(=O)N2CCC3(CC2)CC(=O)c2cc(Cl)cc(C)c2O3)cc1. The molecule has 0 unspecified atom stereocenters. The van der Waals surface area contributed by atoms with E-state index in [0.29, 0.717) is 68.1 Å². The van der Waals surface area contributed by atoms with Crippen molar-refractivity contribution in [1.29, 1.82) is 0 Å². The summed E-state index contributed by atoms with van der Waals surface area (Å²) in [6.45, 7) is 5.76. The zero-order chi connectivity index (χ0) is 22.7. The molecule has 2 aromatic rings. The molecule has 1 fully saturated rings. The van der Waals surface area contributed by atoms with E-state index in [0.717, 1.165) is 17.7 Å². The highest BCUT2D eigenvalue weighted by Gasteiger charge is 2.44. The highest BCUT2D eigenvalue weighted by atomic mass is 35.5. The normalized spacial score (nSPS) is 17.1. The minimum Gasteiger partial charge on any atom is -0.494 e. The number of rotatable bonds is 6. The first-order valence-corrected chi connectivity index (χ1v) is 11.8. The number of halogens is 1. The van der Waals surface area contributed by atoms with Crippen LogP contribution in [0.5, 0.6) is 11.5 Å². The second-order valence-corrected chi connectivity index (χ2v) is 9.25. The van der Waals surface area contributed by atoms with E-state index in [1.54, 1.807) is 6.07 Å². The number of fused-ring (bicyclic) bond motifs is 1. The van der Waals surface area contributed by atoms with Gasteiger partial charge in [0.15, 0.2) is 5.78 Å². The van der Waals surface area contributed by atoms with Crippen molar-refractivity contribution < 1.29 is 19.1 Å². The molecule has 6 heteroatoms. The fourth-order valence-corrected chi connectivity index (χ4v) is 4.82. The van der Waals surface area contributed by atoms with Gasteiger partial charge in [0, 0.05) is 37.4 Å². The first-order chi connectivity index (χ1) is 15.4. The van der Waals surface area contributed by atoms with Gasteiger partial charge in [-0.15, -0.1) is 0 Å². The Bertz CT molecular complexity index is 994. The van der Waals surface area contributed by atoms with Gasteiger partial charge in [-0.2, -0.15) is 0 Å². The number of carbonyl (C=O) groups excluding carboxylic acids is 2. The van der Waals surface area contributed by atoms with E-state index in [2.05, 4.69) is 19.1 Å². The number of amides is 1. The van der Waals surface area contributed by atoms with Crippen LogP contribution < -0.4 is 9.47 Å². The number of likely N-dealkylation sites (tertiary alicyclic amines) is 1. The van der Waals surface area contributed by atoms with Crippen LogP contribution in [-0.4, -0.2) is 41.9 Å². The van der Waals surface area contributed by atoms with E-state index in [4.69, 9.17) is 21.1 Å². The summed E-state index contributed by atoms with van der Waals surface area (Å²) < 4.78 is 12.1. The Balaban J connectivity index is 1.26. The molecule has 0 N–H and O–H groups in total. The minimum atomic E-state index is -0.521. The largest absolute Gasteiger partial charge is 0.494 e. The van der Waals surface area contributed by atoms with E-state index in [1.807, 2.05) is 30.0 Å². The molecule has 1 saturated heterocycles. The van der Waals surface area contributed by atoms with Gasteiger partial charge in [-0.25, -0.2) is 0 Å². The van der Waals surface area contributed by atoms with Crippen LogP contribution in [0.25, 0.3) is 0 Å². The van der Waals surface area contributed by atoms with Crippen LogP contribution in [0.4, 0.5) is 0 Å². The van der Waals surface area contributed by atoms with E-state index >= 15 is 0 Å². The van der Waals surface area contributed by atoms with Crippen molar-refractivity contribution in [2.45, 2.75) is 58.0 Å². The fourth-order valence-electron chi connectivity index (χ4n) is 4.55. The van der Waals surface area contributed by atoms with Crippen molar-refractivity contribution in [3.8, 4) is 11.5 Å². The molecule has 0 bridgehead atoms. The third-order valence-electron chi connectivity index (χ3n) is 6.50. The van der Waals surface area contributed by atoms with Crippen molar-refractivity contribution in [2.75, 3.05) is 19.7 Å². The van der Waals surface area contributed by atoms with Crippen LogP contribution in [0.15, 0.2) is 36.4 Å². The predicted molar refractivity (Wildman–Crippen MR) is 125 cm³/mol. The summed E-state index contributed by atoms with van der Waals surface area (Å²) in [5, 5.41) is 0.552. The van der Waals surface area contributed by atoms with Gasteiger partial charge in [0.25, 0.3) is 0 Å². The number of aryl methyl sites for hydroxylation is 2. The van der Waals surface area contributed by atoms with Gasteiger partial charge in [0.2, 0.25) is 5.91 Å². The van der Waals surface area contributed by atoms with E-state index in [1.165, 1.54) is 5.56 Å². The summed E-state index contributed by atoms with van der Waals surface area (Å²) >= 11 is 6.12. The topological polar surface area (TPSA) is 55.8 Å². The maximum Gasteiger partial charge on any atom is 0.222 e. The summed E-state index contributed by atoms with van der Waals surface area (Å²) in [5.41, 5.74) is 2.21. The maximum atomic E-state index is 12.8. The zero-order valence-electron chi connectivity index (χ0n) is 18.8. The van der Waals surface area contributed by atoms with Gasteiger partial charge in [-0.05, 0) is 55.2 Å². The quantitative estimate of drug-likeness (QED) is 0.547. The van der Waals surface area contributed by atoms with Gasteiger partial charge in [0.05, 0.1) is 18.6 Å². The zero-order valence-corrected chi connectivity index (χ0v) is 19.5. The van der Waals surface area contributed by atoms with Gasteiger partial charge in [-0.3, -0.25) is 9.59 Å². The van der Waals surface area contributed by atoms with Crippen molar-refractivity contribution in [3.05, 3.63) is 58.1 Å². The Hall–Kier alpha value is -2.53. The monoisotopic (exact) mass is 455 g/mol. The molecule has 1 spiro atoms. The second-order valence-electron chi connectivity index (χ2n) is 8.81. The standard InChI is InChI=1S/C26H30ClNO4/c1-3-19-6-8-21(9-7-19)31-14-4-5-24(30)28-12-10-26(11-13-28)17-23(29)22-16-20(27)15-18(2)25(22)32-26/h6-9,15-16H,3-5,10-14,17H2,1-2H3. The number of hydrogen-bond donors (Lipinski definition) is 0. The number of piperidine rings is 1. The molecule has 0 aromatic heterocycles. The van der Waals surface area contributed by atoms with Crippen LogP contribution in [0.2, 0.25) is 5.02 Å². The number of ether oxygens (including phenoxy) is 2. The maximum absolute atomic E-state index is 12.8. The molecule has 0 atom stereocenters. The summed E-state index contributed by atoms with van der Waals surface area (Å²) in [5.74, 6) is 1.69. The smallest absolute Gasteiger partial charge is 0.222 e. The first kappa shape index (κ1) is 22.7. The average molecular weight is 456 g/mol. The Morgan fingerprint density at radius 2 is 1.91 bits per heavy atom. The molecule has 2 heterocycles. The lowest BCUT2D eigenvalue weighted by Gasteiger charge is -2.44. The van der Waals surface area contributed by atoms with Gasteiger partial charge >= 0.3 is 0 Å². The Morgan fingerprint density at radius 3 is 2.59 bits per heavy atom. The van der Waals surface area contributed by atoms with Crippen LogP contribution >= 0.6 is 11.6 Å². The number of carbonyl (C=O) groups is 2. The highest BCUT2D eigenvalue weighted by molar-refractivity contribution is 6.31. The Kier molecular flexibility index (Phi) is 6.75. The van der Waals surface area contributed by atoms with Crippen molar-refractivity contribution in [2.24, 2.45) is 0 Å². The summed E-state index contributed by atoms with van der Waals surface area (Å²) in [6, 6.07) is 11.6. The Labute approximate surface area is 194 Å². The van der Waals surface area contributed by atoms with E-state index in [-0.39, 0.29) is 11.7 Å². The average Bonchev–Trinajstić information content (AvgIpc) is 2.78. The summed E-state index contributed by atoms with van der Waals surface area (Å²) in [7, 11) is 0. The number of ketones is 1. The molecule has 2 aliphatic rings. The molecule has 0 aliphatic carbocycles. The third-order valence-corrected chi connectivity index (χ3v) is 6.72. The molecule has 5 nitrogen and oxygen atoms in total. The Morgan fingerprint density at radius 1 is 1.19 bits per heavy atom. The number of benzene rings is 2. The summed E-state index contributed by atoms with van der Waals surface area (Å²) in [4.78, 5) is 27.3. The molecule has 1 amide bonds. The van der Waals surface area contributed by atoms with Crippen LogP contribution in [-0.2, 0) is 11.2 Å². The van der Waals surface area contributed by atoms with Crippen molar-refractivity contribution in [1.82, 2.24) is 4.90 Å². The van der Waals surface area contributed by atoms with Gasteiger partial charge < -0.3 is 14.4 Å². The molecule has 0 radical (unpaired) electrons.